The number of aromatic nitrogens is 4. The Hall–Kier alpha value is -3.41. The van der Waals surface area contributed by atoms with Gasteiger partial charge in [0.25, 0.3) is 0 Å². The third-order valence-corrected chi connectivity index (χ3v) is 4.35. The van der Waals surface area contributed by atoms with Gasteiger partial charge in [0.15, 0.2) is 0 Å². The van der Waals surface area contributed by atoms with Gasteiger partial charge in [0.2, 0.25) is 11.6 Å². The highest BCUT2D eigenvalue weighted by Crippen LogP contribution is 2.36. The fourth-order valence-corrected chi connectivity index (χ4v) is 2.85. The molecule has 13 heteroatoms. The van der Waals surface area contributed by atoms with Gasteiger partial charge in [0.1, 0.15) is 12.2 Å². The van der Waals surface area contributed by atoms with E-state index < -0.39 is 34.9 Å². The van der Waals surface area contributed by atoms with Crippen LogP contribution >= 0.6 is 11.6 Å². The Morgan fingerprint density at radius 1 is 1.30 bits per heavy atom. The molecule has 0 saturated heterocycles. The molecule has 2 heterocycles. The third kappa shape index (κ3) is 4.76. The van der Waals surface area contributed by atoms with Crippen LogP contribution in [-0.2, 0) is 24.1 Å². The first-order valence-corrected chi connectivity index (χ1v) is 8.78. The molecule has 0 atom stereocenters. The summed E-state index contributed by atoms with van der Waals surface area (Å²) in [6, 6.07) is 7.08. The van der Waals surface area contributed by atoms with Crippen molar-refractivity contribution in [2.45, 2.75) is 26.2 Å². The molecule has 0 fully saturated rings. The van der Waals surface area contributed by atoms with Gasteiger partial charge in [0.05, 0.1) is 23.4 Å². The number of benzene rings is 1. The maximum absolute atomic E-state index is 13.0. The monoisotopic (exact) mass is 442 g/mol. The second-order valence-corrected chi connectivity index (χ2v) is 6.73. The Morgan fingerprint density at radius 3 is 2.53 bits per heavy atom. The standard InChI is InChI=1S/C17H14ClF3N6O3/c1-10-15(27(29)30)16(17(19,20)21)24-26(10)9-14(28)23-13-6-22-25(8-13)7-11-2-4-12(18)5-3-11/h2-6,8H,7,9H2,1H3,(H,23,28). The van der Waals surface area contributed by atoms with E-state index in [2.05, 4.69) is 15.5 Å². The van der Waals surface area contributed by atoms with Crippen molar-refractivity contribution in [2.24, 2.45) is 0 Å². The average molecular weight is 443 g/mol. The van der Waals surface area contributed by atoms with Gasteiger partial charge < -0.3 is 5.32 Å². The largest absolute Gasteiger partial charge is 0.442 e. The van der Waals surface area contributed by atoms with Crippen LogP contribution in [0.25, 0.3) is 0 Å². The number of hydrogen-bond acceptors (Lipinski definition) is 5. The molecule has 0 bridgehead atoms. The molecule has 3 aromatic rings. The van der Waals surface area contributed by atoms with Gasteiger partial charge in [-0.2, -0.15) is 23.4 Å². The lowest BCUT2D eigenvalue weighted by Crippen LogP contribution is -2.20. The van der Waals surface area contributed by atoms with Crippen LogP contribution in [-0.4, -0.2) is 30.4 Å². The predicted molar refractivity (Wildman–Crippen MR) is 100 cm³/mol. The molecule has 1 aromatic carbocycles. The molecular formula is C17H14ClF3N6O3. The van der Waals surface area contributed by atoms with Gasteiger partial charge in [-0.1, -0.05) is 23.7 Å². The minimum absolute atomic E-state index is 0.310. The quantitative estimate of drug-likeness (QED) is 0.463. The normalized spacial score (nSPS) is 11.5. The summed E-state index contributed by atoms with van der Waals surface area (Å²) in [6.45, 7) is 0.870. The van der Waals surface area contributed by atoms with E-state index in [4.69, 9.17) is 11.6 Å². The van der Waals surface area contributed by atoms with E-state index in [1.165, 1.54) is 12.4 Å². The van der Waals surface area contributed by atoms with E-state index in [-0.39, 0.29) is 5.69 Å². The maximum Gasteiger partial charge on any atom is 0.442 e. The van der Waals surface area contributed by atoms with Crippen LogP contribution in [0.3, 0.4) is 0 Å². The third-order valence-electron chi connectivity index (χ3n) is 4.09. The fourth-order valence-electron chi connectivity index (χ4n) is 2.73. The Bertz CT molecular complexity index is 1090. The van der Waals surface area contributed by atoms with Crippen molar-refractivity contribution < 1.29 is 22.9 Å². The highest BCUT2D eigenvalue weighted by Gasteiger charge is 2.44. The maximum atomic E-state index is 13.0. The van der Waals surface area contributed by atoms with Crippen molar-refractivity contribution in [2.75, 3.05) is 5.32 Å². The zero-order valence-electron chi connectivity index (χ0n) is 15.4. The lowest BCUT2D eigenvalue weighted by atomic mass is 10.2. The second kappa shape index (κ2) is 8.14. The smallest absolute Gasteiger partial charge is 0.322 e. The van der Waals surface area contributed by atoms with Gasteiger partial charge >= 0.3 is 11.9 Å². The van der Waals surface area contributed by atoms with Crippen LogP contribution in [0.2, 0.25) is 5.02 Å². The number of nitrogens with zero attached hydrogens (tertiary/aromatic N) is 5. The van der Waals surface area contributed by atoms with E-state index in [1.54, 1.807) is 16.8 Å². The first-order chi connectivity index (χ1) is 14.0. The SMILES string of the molecule is Cc1c([N+](=O)[O-])c(C(F)(F)F)nn1CC(=O)Nc1cnn(Cc2ccc(Cl)cc2)c1. The van der Waals surface area contributed by atoms with E-state index in [0.29, 0.717) is 21.9 Å². The number of rotatable bonds is 6. The zero-order chi connectivity index (χ0) is 22.1. The first-order valence-electron chi connectivity index (χ1n) is 8.40. The van der Waals surface area contributed by atoms with E-state index in [9.17, 15) is 28.1 Å². The number of hydrogen-bond donors (Lipinski definition) is 1. The highest BCUT2D eigenvalue weighted by molar-refractivity contribution is 6.30. The lowest BCUT2D eigenvalue weighted by Gasteiger charge is -2.05. The van der Waals surface area contributed by atoms with Crippen LogP contribution in [0.15, 0.2) is 36.7 Å². The lowest BCUT2D eigenvalue weighted by molar-refractivity contribution is -0.388. The van der Waals surface area contributed by atoms with Gasteiger partial charge in [-0.05, 0) is 24.6 Å². The molecule has 0 aliphatic heterocycles. The van der Waals surface area contributed by atoms with Gasteiger partial charge in [-0.25, -0.2) is 0 Å². The molecule has 0 spiro atoms. The number of alkyl halides is 3. The molecule has 0 saturated carbocycles. The number of nitro groups is 1. The van der Waals surface area contributed by atoms with Crippen LogP contribution in [0.5, 0.6) is 0 Å². The number of amides is 1. The molecule has 2 aromatic heterocycles. The summed E-state index contributed by atoms with van der Waals surface area (Å²) in [5.74, 6) is -0.713. The molecule has 0 aliphatic rings. The van der Waals surface area contributed by atoms with Crippen molar-refractivity contribution in [1.82, 2.24) is 19.6 Å². The molecule has 1 N–H and O–H groups in total. The summed E-state index contributed by atoms with van der Waals surface area (Å²) >= 11 is 5.83. The predicted octanol–water partition coefficient (Wildman–Crippen LogP) is 3.66. The van der Waals surface area contributed by atoms with Crippen molar-refractivity contribution in [3.05, 3.63) is 68.7 Å². The van der Waals surface area contributed by atoms with Gasteiger partial charge in [-0.3, -0.25) is 24.3 Å². The molecule has 0 unspecified atom stereocenters. The Morgan fingerprint density at radius 2 is 1.97 bits per heavy atom. The molecule has 1 amide bonds. The van der Waals surface area contributed by atoms with Crippen LogP contribution in [0, 0.1) is 17.0 Å². The Labute approximate surface area is 172 Å². The minimum Gasteiger partial charge on any atom is -0.322 e. The first kappa shape index (κ1) is 21.3. The molecule has 9 nitrogen and oxygen atoms in total. The Balaban J connectivity index is 1.70. The summed E-state index contributed by atoms with van der Waals surface area (Å²) in [5, 5.41) is 21.4. The van der Waals surface area contributed by atoms with Crippen LogP contribution in [0.4, 0.5) is 24.5 Å². The van der Waals surface area contributed by atoms with Crippen molar-refractivity contribution >= 4 is 28.9 Å². The molecule has 30 heavy (non-hydrogen) atoms. The molecule has 3 rings (SSSR count). The van der Waals surface area contributed by atoms with Crippen molar-refractivity contribution in [3.8, 4) is 0 Å². The van der Waals surface area contributed by atoms with Crippen LogP contribution in [0.1, 0.15) is 17.0 Å². The number of carbonyl (C=O) groups is 1. The topological polar surface area (TPSA) is 108 Å². The van der Waals surface area contributed by atoms with Crippen molar-refractivity contribution in [3.63, 3.8) is 0 Å². The average Bonchev–Trinajstić information content (AvgIpc) is 3.21. The van der Waals surface area contributed by atoms with Crippen LogP contribution < -0.4 is 5.32 Å². The number of anilines is 1. The zero-order valence-corrected chi connectivity index (χ0v) is 16.1. The van der Waals surface area contributed by atoms with Crippen molar-refractivity contribution in [1.29, 1.82) is 0 Å². The molecular weight excluding hydrogens is 429 g/mol. The molecule has 0 aliphatic carbocycles. The number of halogens is 4. The summed E-state index contributed by atoms with van der Waals surface area (Å²) in [4.78, 5) is 22.0. The highest BCUT2D eigenvalue weighted by atomic mass is 35.5. The fraction of sp³-hybridized carbons (Fsp3) is 0.235. The van der Waals surface area contributed by atoms with Gasteiger partial charge in [0, 0.05) is 11.2 Å². The summed E-state index contributed by atoms with van der Waals surface area (Å²) in [6.07, 6.45) is -2.11. The molecule has 158 valence electrons. The number of carbonyl (C=O) groups excluding carboxylic acids is 1. The summed E-state index contributed by atoms with van der Waals surface area (Å²) in [5.41, 5.74) is -1.97. The summed E-state index contributed by atoms with van der Waals surface area (Å²) in [7, 11) is 0. The minimum atomic E-state index is -5.02. The van der Waals surface area contributed by atoms with E-state index in [0.717, 1.165) is 12.5 Å². The van der Waals surface area contributed by atoms with Gasteiger partial charge in [-0.15, -0.1) is 0 Å². The van der Waals surface area contributed by atoms with E-state index in [1.807, 2.05) is 12.1 Å². The second-order valence-electron chi connectivity index (χ2n) is 6.30. The van der Waals surface area contributed by atoms with E-state index >= 15 is 0 Å². The Kier molecular flexibility index (Phi) is 5.78. The molecule has 0 radical (unpaired) electrons. The number of nitrogens with one attached hydrogen (secondary N) is 1. The summed E-state index contributed by atoms with van der Waals surface area (Å²) < 4.78 is 41.2.